The molecule has 0 aliphatic carbocycles. The van der Waals surface area contributed by atoms with Crippen molar-refractivity contribution in [3.05, 3.63) is 53.6 Å². The van der Waals surface area contributed by atoms with Gasteiger partial charge in [-0.3, -0.25) is 0 Å². The first kappa shape index (κ1) is 12.5. The number of halogens is 3. The molecule has 2 aromatic carbocycles. The van der Waals surface area contributed by atoms with E-state index in [0.29, 0.717) is 11.1 Å². The predicted octanol–water partition coefficient (Wildman–Crippen LogP) is 4.39. The van der Waals surface area contributed by atoms with Crippen molar-refractivity contribution in [3.63, 3.8) is 0 Å². The van der Waals surface area contributed by atoms with Gasteiger partial charge in [0.15, 0.2) is 0 Å². The van der Waals surface area contributed by atoms with Gasteiger partial charge < -0.3 is 5.11 Å². The zero-order valence-corrected chi connectivity index (χ0v) is 9.62. The fourth-order valence-electron chi connectivity index (χ4n) is 1.76. The largest absolute Gasteiger partial charge is 0.507 e. The van der Waals surface area contributed by atoms with Crippen LogP contribution in [0.25, 0.3) is 11.1 Å². The second kappa shape index (κ2) is 4.37. The van der Waals surface area contributed by atoms with Crippen LogP contribution < -0.4 is 0 Å². The highest BCUT2D eigenvalue weighted by atomic mass is 19.4. The summed E-state index contributed by atoms with van der Waals surface area (Å²) >= 11 is 0. The summed E-state index contributed by atoms with van der Waals surface area (Å²) < 4.78 is 37.4. The first-order chi connectivity index (χ1) is 8.38. The maximum atomic E-state index is 12.5. The molecule has 0 saturated heterocycles. The Morgan fingerprint density at radius 1 is 1.00 bits per heavy atom. The minimum absolute atomic E-state index is 0.365. The van der Waals surface area contributed by atoms with Crippen molar-refractivity contribution in [3.8, 4) is 16.9 Å². The molecule has 94 valence electrons. The Hall–Kier alpha value is -1.97. The lowest BCUT2D eigenvalue weighted by molar-refractivity contribution is -0.137. The second-order valence-corrected chi connectivity index (χ2v) is 4.10. The van der Waals surface area contributed by atoms with Crippen molar-refractivity contribution in [2.45, 2.75) is 13.1 Å². The van der Waals surface area contributed by atoms with Gasteiger partial charge in [0.05, 0.1) is 5.56 Å². The minimum Gasteiger partial charge on any atom is -0.507 e. The van der Waals surface area contributed by atoms with Crippen LogP contribution in [0.5, 0.6) is 5.75 Å². The molecule has 0 aliphatic heterocycles. The van der Waals surface area contributed by atoms with Crippen molar-refractivity contribution < 1.29 is 18.3 Å². The van der Waals surface area contributed by atoms with E-state index in [9.17, 15) is 18.3 Å². The number of benzene rings is 2. The zero-order valence-electron chi connectivity index (χ0n) is 9.62. The normalized spacial score (nSPS) is 11.6. The summed E-state index contributed by atoms with van der Waals surface area (Å²) in [6, 6.07) is 10.2. The molecule has 0 spiro atoms. The van der Waals surface area contributed by atoms with E-state index < -0.39 is 11.7 Å². The first-order valence-corrected chi connectivity index (χ1v) is 5.35. The summed E-state index contributed by atoms with van der Waals surface area (Å²) in [5, 5.41) is 9.70. The fraction of sp³-hybridized carbons (Fsp3) is 0.143. The molecule has 0 saturated carbocycles. The highest BCUT2D eigenvalue weighted by molar-refractivity contribution is 5.71. The molecule has 0 amide bonds. The van der Waals surface area contributed by atoms with Crippen LogP contribution in [0.2, 0.25) is 0 Å². The van der Waals surface area contributed by atoms with Gasteiger partial charge in [0, 0.05) is 5.56 Å². The van der Waals surface area contributed by atoms with Gasteiger partial charge in [0.25, 0.3) is 0 Å². The van der Waals surface area contributed by atoms with E-state index in [1.165, 1.54) is 6.07 Å². The molecule has 0 aromatic heterocycles. The van der Waals surface area contributed by atoms with Crippen molar-refractivity contribution in [1.29, 1.82) is 0 Å². The molecule has 0 aliphatic rings. The maximum Gasteiger partial charge on any atom is 0.416 e. The molecular formula is C14H11F3O. The second-order valence-electron chi connectivity index (χ2n) is 4.10. The molecule has 4 heteroatoms. The molecule has 0 fully saturated rings. The number of phenols is 1. The van der Waals surface area contributed by atoms with Crippen molar-refractivity contribution in [1.82, 2.24) is 0 Å². The lowest BCUT2D eigenvalue weighted by atomic mass is 10.0. The van der Waals surface area contributed by atoms with E-state index in [1.807, 2.05) is 19.1 Å². The third-order valence-corrected chi connectivity index (χ3v) is 2.65. The van der Waals surface area contributed by atoms with Crippen LogP contribution in [0.3, 0.4) is 0 Å². The topological polar surface area (TPSA) is 20.2 Å². The maximum absolute atomic E-state index is 12.5. The number of aromatic hydroxyl groups is 1. The average molecular weight is 252 g/mol. The van der Waals surface area contributed by atoms with Crippen molar-refractivity contribution in [2.24, 2.45) is 0 Å². The zero-order chi connectivity index (χ0) is 13.3. The van der Waals surface area contributed by atoms with Gasteiger partial charge in [-0.2, -0.15) is 13.2 Å². The molecule has 0 bridgehead atoms. The number of aryl methyl sites for hydroxylation is 1. The van der Waals surface area contributed by atoms with E-state index in [1.54, 1.807) is 12.1 Å². The molecule has 0 radical (unpaired) electrons. The molecule has 0 heterocycles. The number of phenolic OH excluding ortho intramolecular Hbond substituents is 1. The Balaban J connectivity index is 2.48. The van der Waals surface area contributed by atoms with Crippen LogP contribution in [0.15, 0.2) is 42.5 Å². The van der Waals surface area contributed by atoms with Crippen molar-refractivity contribution >= 4 is 0 Å². The third-order valence-electron chi connectivity index (χ3n) is 2.65. The van der Waals surface area contributed by atoms with Crippen LogP contribution >= 0.6 is 0 Å². The molecular weight excluding hydrogens is 241 g/mol. The van der Waals surface area contributed by atoms with E-state index in [2.05, 4.69) is 0 Å². The van der Waals surface area contributed by atoms with E-state index in [0.717, 1.165) is 17.7 Å². The van der Waals surface area contributed by atoms with Gasteiger partial charge in [-0.25, -0.2) is 0 Å². The van der Waals surface area contributed by atoms with E-state index >= 15 is 0 Å². The van der Waals surface area contributed by atoms with Gasteiger partial charge in [-0.15, -0.1) is 0 Å². The average Bonchev–Trinajstić information content (AvgIpc) is 2.27. The van der Waals surface area contributed by atoms with Gasteiger partial charge in [0.1, 0.15) is 5.75 Å². The lowest BCUT2D eigenvalue weighted by Crippen LogP contribution is -2.04. The third kappa shape index (κ3) is 2.47. The Morgan fingerprint density at radius 2 is 1.72 bits per heavy atom. The number of rotatable bonds is 1. The molecule has 1 N–H and O–H groups in total. The highest BCUT2D eigenvalue weighted by Crippen LogP contribution is 2.36. The monoisotopic (exact) mass is 252 g/mol. The molecule has 0 atom stereocenters. The number of alkyl halides is 3. The standard InChI is InChI=1S/C14H11F3O/c1-9-3-2-4-10(7-9)12-6-5-11(8-13(12)18)14(15,16)17/h2-8,18H,1H3. The molecule has 2 rings (SSSR count). The van der Waals surface area contributed by atoms with Crippen LogP contribution in [0.4, 0.5) is 13.2 Å². The smallest absolute Gasteiger partial charge is 0.416 e. The van der Waals surface area contributed by atoms with Gasteiger partial charge in [-0.05, 0) is 24.6 Å². The molecule has 1 nitrogen and oxygen atoms in total. The molecule has 0 unspecified atom stereocenters. The van der Waals surface area contributed by atoms with E-state index in [-0.39, 0.29) is 5.75 Å². The molecule has 18 heavy (non-hydrogen) atoms. The number of hydrogen-bond acceptors (Lipinski definition) is 1. The van der Waals surface area contributed by atoms with Gasteiger partial charge in [-0.1, -0.05) is 35.9 Å². The Morgan fingerprint density at radius 3 is 2.28 bits per heavy atom. The van der Waals surface area contributed by atoms with Gasteiger partial charge >= 0.3 is 6.18 Å². The lowest BCUT2D eigenvalue weighted by Gasteiger charge is -2.10. The van der Waals surface area contributed by atoms with Crippen LogP contribution in [-0.4, -0.2) is 5.11 Å². The van der Waals surface area contributed by atoms with Crippen molar-refractivity contribution in [2.75, 3.05) is 0 Å². The van der Waals surface area contributed by atoms with E-state index in [4.69, 9.17) is 0 Å². The summed E-state index contributed by atoms with van der Waals surface area (Å²) in [5.41, 5.74) is 1.22. The predicted molar refractivity (Wildman–Crippen MR) is 63.3 cm³/mol. The highest BCUT2D eigenvalue weighted by Gasteiger charge is 2.31. The summed E-state index contributed by atoms with van der Waals surface area (Å²) in [6.45, 7) is 1.88. The minimum atomic E-state index is -4.44. The Labute approximate surface area is 103 Å². The quantitative estimate of drug-likeness (QED) is 0.798. The van der Waals surface area contributed by atoms with Crippen LogP contribution in [0.1, 0.15) is 11.1 Å². The summed E-state index contributed by atoms with van der Waals surface area (Å²) in [6.07, 6.45) is -4.44. The van der Waals surface area contributed by atoms with Crippen LogP contribution in [0, 0.1) is 6.92 Å². The molecule has 2 aromatic rings. The summed E-state index contributed by atoms with van der Waals surface area (Å²) in [4.78, 5) is 0. The summed E-state index contributed by atoms with van der Waals surface area (Å²) in [5.74, 6) is -0.365. The van der Waals surface area contributed by atoms with Crippen LogP contribution in [-0.2, 0) is 6.18 Å². The number of hydrogen-bond donors (Lipinski definition) is 1. The Bertz CT molecular complexity index is 573. The summed E-state index contributed by atoms with van der Waals surface area (Å²) in [7, 11) is 0. The fourth-order valence-corrected chi connectivity index (χ4v) is 1.76. The van der Waals surface area contributed by atoms with Gasteiger partial charge in [0.2, 0.25) is 0 Å². The Kier molecular flexibility index (Phi) is 3.03. The first-order valence-electron chi connectivity index (χ1n) is 5.35. The SMILES string of the molecule is Cc1cccc(-c2ccc(C(F)(F)F)cc2O)c1.